The highest BCUT2D eigenvalue weighted by Gasteiger charge is 2.21. The van der Waals surface area contributed by atoms with Crippen LogP contribution < -0.4 is 15.4 Å². The summed E-state index contributed by atoms with van der Waals surface area (Å²) in [5, 5.41) is 10.5. The van der Waals surface area contributed by atoms with Crippen LogP contribution in [0.1, 0.15) is 23.7 Å². The van der Waals surface area contributed by atoms with Crippen molar-refractivity contribution >= 4 is 5.96 Å². The standard InChI is InChI=1S/C15H18N4O2/c1-16-15(17-10-11-6-9-21-19-11)18-13-7-8-20-14-5-3-2-4-12(13)14/h2-6,9,13H,7-8,10H2,1H3,(H2,16,17,18). The van der Waals surface area contributed by atoms with E-state index in [1.165, 1.54) is 0 Å². The summed E-state index contributed by atoms with van der Waals surface area (Å²) >= 11 is 0. The maximum absolute atomic E-state index is 5.67. The quantitative estimate of drug-likeness (QED) is 0.665. The van der Waals surface area contributed by atoms with E-state index in [9.17, 15) is 0 Å². The highest BCUT2D eigenvalue weighted by molar-refractivity contribution is 5.80. The van der Waals surface area contributed by atoms with Crippen molar-refractivity contribution in [2.45, 2.75) is 19.0 Å². The van der Waals surface area contributed by atoms with Crippen molar-refractivity contribution in [3.05, 3.63) is 47.9 Å². The number of aromatic nitrogens is 1. The Morgan fingerprint density at radius 3 is 3.10 bits per heavy atom. The first-order valence-electron chi connectivity index (χ1n) is 6.95. The molecule has 2 N–H and O–H groups in total. The maximum Gasteiger partial charge on any atom is 0.191 e. The summed E-state index contributed by atoms with van der Waals surface area (Å²) < 4.78 is 10.5. The Morgan fingerprint density at radius 1 is 1.38 bits per heavy atom. The third kappa shape index (κ3) is 3.16. The maximum atomic E-state index is 5.67. The van der Waals surface area contributed by atoms with Crippen molar-refractivity contribution < 1.29 is 9.26 Å². The molecule has 0 spiro atoms. The van der Waals surface area contributed by atoms with E-state index in [4.69, 9.17) is 9.26 Å². The van der Waals surface area contributed by atoms with Crippen molar-refractivity contribution in [1.82, 2.24) is 15.8 Å². The molecule has 1 unspecified atom stereocenters. The van der Waals surface area contributed by atoms with Crippen molar-refractivity contribution in [3.63, 3.8) is 0 Å². The predicted octanol–water partition coefficient (Wildman–Crippen LogP) is 1.86. The van der Waals surface area contributed by atoms with Gasteiger partial charge < -0.3 is 19.9 Å². The number of aliphatic imine (C=N–C) groups is 1. The van der Waals surface area contributed by atoms with Crippen LogP contribution in [0.4, 0.5) is 0 Å². The van der Waals surface area contributed by atoms with E-state index < -0.39 is 0 Å². The minimum atomic E-state index is 0.193. The summed E-state index contributed by atoms with van der Waals surface area (Å²) in [4.78, 5) is 4.25. The van der Waals surface area contributed by atoms with Gasteiger partial charge in [0, 0.05) is 25.1 Å². The molecule has 0 bridgehead atoms. The van der Waals surface area contributed by atoms with Gasteiger partial charge in [0.05, 0.1) is 19.2 Å². The van der Waals surface area contributed by atoms with Crippen molar-refractivity contribution in [2.24, 2.45) is 4.99 Å². The van der Waals surface area contributed by atoms with Crippen LogP contribution in [-0.4, -0.2) is 24.8 Å². The summed E-state index contributed by atoms with van der Waals surface area (Å²) in [5.74, 6) is 1.67. The molecule has 21 heavy (non-hydrogen) atoms. The number of ether oxygens (including phenoxy) is 1. The zero-order valence-electron chi connectivity index (χ0n) is 11.9. The van der Waals surface area contributed by atoms with Gasteiger partial charge in [-0.2, -0.15) is 0 Å². The number of nitrogens with zero attached hydrogens (tertiary/aromatic N) is 2. The van der Waals surface area contributed by atoms with Gasteiger partial charge in [0.2, 0.25) is 0 Å². The molecule has 1 aromatic carbocycles. The van der Waals surface area contributed by atoms with Crippen LogP contribution in [0.2, 0.25) is 0 Å². The van der Waals surface area contributed by atoms with Gasteiger partial charge in [-0.25, -0.2) is 0 Å². The van der Waals surface area contributed by atoms with Crippen LogP contribution in [0.5, 0.6) is 5.75 Å². The Morgan fingerprint density at radius 2 is 2.29 bits per heavy atom. The molecule has 110 valence electrons. The summed E-state index contributed by atoms with van der Waals surface area (Å²) in [5.41, 5.74) is 2.00. The van der Waals surface area contributed by atoms with E-state index >= 15 is 0 Å². The molecular formula is C15H18N4O2. The average Bonchev–Trinajstić information content (AvgIpc) is 3.05. The lowest BCUT2D eigenvalue weighted by Gasteiger charge is -2.27. The first kappa shape index (κ1) is 13.5. The van der Waals surface area contributed by atoms with E-state index in [2.05, 4.69) is 26.8 Å². The SMILES string of the molecule is CN=C(NCc1ccon1)NC1CCOc2ccccc21. The second-order valence-corrected chi connectivity index (χ2v) is 4.79. The second-order valence-electron chi connectivity index (χ2n) is 4.79. The van der Waals surface area contributed by atoms with Crippen LogP contribution in [-0.2, 0) is 6.54 Å². The van der Waals surface area contributed by atoms with Crippen molar-refractivity contribution in [3.8, 4) is 5.75 Å². The Kier molecular flexibility index (Phi) is 4.04. The van der Waals surface area contributed by atoms with Crippen LogP contribution >= 0.6 is 0 Å². The summed E-state index contributed by atoms with van der Waals surface area (Å²) in [6.45, 7) is 1.27. The summed E-state index contributed by atoms with van der Waals surface area (Å²) in [6, 6.07) is 10.1. The van der Waals surface area contributed by atoms with Gasteiger partial charge in [-0.15, -0.1) is 0 Å². The van der Waals surface area contributed by atoms with E-state index in [1.54, 1.807) is 13.3 Å². The number of rotatable bonds is 3. The fourth-order valence-electron chi connectivity index (χ4n) is 2.35. The van der Waals surface area contributed by atoms with Crippen LogP contribution in [0.3, 0.4) is 0 Å². The zero-order valence-corrected chi connectivity index (χ0v) is 11.9. The number of guanidine groups is 1. The fourth-order valence-corrected chi connectivity index (χ4v) is 2.35. The topological polar surface area (TPSA) is 71.7 Å². The molecule has 1 atom stereocenters. The third-order valence-corrected chi connectivity index (χ3v) is 3.42. The Hall–Kier alpha value is -2.50. The van der Waals surface area contributed by atoms with Crippen LogP contribution in [0, 0.1) is 0 Å². The monoisotopic (exact) mass is 286 g/mol. The largest absolute Gasteiger partial charge is 0.493 e. The number of fused-ring (bicyclic) bond motifs is 1. The molecule has 2 heterocycles. The molecule has 1 aliphatic heterocycles. The molecule has 0 amide bonds. The van der Waals surface area contributed by atoms with Gasteiger partial charge >= 0.3 is 0 Å². The summed E-state index contributed by atoms with van der Waals surface area (Å²) in [6.07, 6.45) is 2.46. The molecule has 2 aromatic rings. The lowest BCUT2D eigenvalue weighted by molar-refractivity contribution is 0.261. The Bertz CT molecular complexity index is 610. The average molecular weight is 286 g/mol. The van der Waals surface area contributed by atoms with Gasteiger partial charge in [0.15, 0.2) is 5.96 Å². The fraction of sp³-hybridized carbons (Fsp3) is 0.333. The minimum absolute atomic E-state index is 0.193. The number of hydrogen-bond donors (Lipinski definition) is 2. The van der Waals surface area contributed by atoms with Gasteiger partial charge in [-0.05, 0) is 6.07 Å². The molecule has 0 radical (unpaired) electrons. The molecule has 1 aliphatic rings. The highest BCUT2D eigenvalue weighted by Crippen LogP contribution is 2.31. The zero-order chi connectivity index (χ0) is 14.5. The van der Waals surface area contributed by atoms with Gasteiger partial charge in [0.1, 0.15) is 17.7 Å². The lowest BCUT2D eigenvalue weighted by Crippen LogP contribution is -2.40. The molecule has 6 heteroatoms. The van der Waals surface area contributed by atoms with E-state index in [-0.39, 0.29) is 6.04 Å². The first-order chi connectivity index (χ1) is 10.4. The summed E-state index contributed by atoms with van der Waals surface area (Å²) in [7, 11) is 1.75. The molecule has 6 nitrogen and oxygen atoms in total. The van der Waals surface area contributed by atoms with E-state index in [0.717, 1.165) is 29.4 Å². The molecule has 3 rings (SSSR count). The number of para-hydroxylation sites is 1. The van der Waals surface area contributed by atoms with E-state index in [1.807, 2.05) is 24.3 Å². The molecular weight excluding hydrogens is 268 g/mol. The molecule has 0 saturated heterocycles. The number of benzene rings is 1. The second kappa shape index (κ2) is 6.30. The molecule has 1 aromatic heterocycles. The van der Waals surface area contributed by atoms with E-state index in [0.29, 0.717) is 13.2 Å². The lowest BCUT2D eigenvalue weighted by atomic mass is 10.0. The Labute approximate surface area is 123 Å². The van der Waals surface area contributed by atoms with Crippen molar-refractivity contribution in [2.75, 3.05) is 13.7 Å². The third-order valence-electron chi connectivity index (χ3n) is 3.42. The van der Waals surface area contributed by atoms with Crippen LogP contribution in [0.15, 0.2) is 46.1 Å². The van der Waals surface area contributed by atoms with Gasteiger partial charge in [-0.3, -0.25) is 4.99 Å². The van der Waals surface area contributed by atoms with Crippen molar-refractivity contribution in [1.29, 1.82) is 0 Å². The highest BCUT2D eigenvalue weighted by atomic mass is 16.5. The van der Waals surface area contributed by atoms with Gasteiger partial charge in [-0.1, -0.05) is 23.4 Å². The Balaban J connectivity index is 1.65. The van der Waals surface area contributed by atoms with Gasteiger partial charge in [0.25, 0.3) is 0 Å². The number of hydrogen-bond acceptors (Lipinski definition) is 4. The smallest absolute Gasteiger partial charge is 0.191 e. The van der Waals surface area contributed by atoms with Crippen LogP contribution in [0.25, 0.3) is 0 Å². The molecule has 0 aliphatic carbocycles. The normalized spacial score (nSPS) is 17.8. The number of nitrogens with one attached hydrogen (secondary N) is 2. The molecule has 0 saturated carbocycles. The first-order valence-corrected chi connectivity index (χ1v) is 6.95. The molecule has 0 fully saturated rings. The minimum Gasteiger partial charge on any atom is -0.493 e. The predicted molar refractivity (Wildman–Crippen MR) is 79.1 cm³/mol.